The number of amides is 2. The number of alkyl carbamates (subject to hydrolysis) is 1. The van der Waals surface area contributed by atoms with E-state index in [9.17, 15) is 9.59 Å². The van der Waals surface area contributed by atoms with Crippen molar-refractivity contribution in [2.75, 3.05) is 13.2 Å². The molecule has 0 aliphatic carbocycles. The van der Waals surface area contributed by atoms with Gasteiger partial charge in [-0.2, -0.15) is 0 Å². The Labute approximate surface area is 125 Å². The lowest BCUT2D eigenvalue weighted by molar-refractivity contribution is 0.0939. The Morgan fingerprint density at radius 2 is 2.10 bits per heavy atom. The second-order valence-corrected chi connectivity index (χ2v) is 5.12. The van der Waals surface area contributed by atoms with Crippen LogP contribution in [0.3, 0.4) is 0 Å². The number of ether oxygens (including phenoxy) is 1. The fourth-order valence-electron chi connectivity index (χ4n) is 1.91. The van der Waals surface area contributed by atoms with Crippen molar-refractivity contribution >= 4 is 12.0 Å². The zero-order valence-electron chi connectivity index (χ0n) is 12.8. The minimum Gasteiger partial charge on any atom is -0.450 e. The molecule has 0 aliphatic rings. The highest BCUT2D eigenvalue weighted by Crippen LogP contribution is 2.05. The molecule has 0 spiro atoms. The van der Waals surface area contributed by atoms with Gasteiger partial charge in [-0.25, -0.2) is 4.79 Å². The quantitative estimate of drug-likeness (QED) is 0.805. The minimum atomic E-state index is -0.463. The second kappa shape index (κ2) is 8.94. The summed E-state index contributed by atoms with van der Waals surface area (Å²) in [4.78, 5) is 27.4. The number of pyridine rings is 1. The molecular formula is C15H23N3O3. The first kappa shape index (κ1) is 16.9. The topological polar surface area (TPSA) is 80.3 Å². The SMILES string of the molecule is CCOC(=O)N[C@H](CNC(=O)c1ccccn1)CC(C)C. The number of hydrogen-bond donors (Lipinski definition) is 2. The maximum absolute atomic E-state index is 11.9. The standard InChI is InChI=1S/C15H23N3O3/c1-4-21-15(20)18-12(9-11(2)3)10-17-14(19)13-7-5-6-8-16-13/h5-8,11-12H,4,9-10H2,1-3H3,(H,17,19)(H,18,20)/t12-/m0/s1. The number of aromatic nitrogens is 1. The van der Waals surface area contributed by atoms with Gasteiger partial charge in [0.1, 0.15) is 5.69 Å². The number of rotatable bonds is 7. The maximum atomic E-state index is 11.9. The predicted molar refractivity (Wildman–Crippen MR) is 80.0 cm³/mol. The summed E-state index contributed by atoms with van der Waals surface area (Å²) in [6.45, 7) is 6.52. The van der Waals surface area contributed by atoms with E-state index in [-0.39, 0.29) is 11.9 Å². The summed E-state index contributed by atoms with van der Waals surface area (Å²) < 4.78 is 4.87. The van der Waals surface area contributed by atoms with Gasteiger partial charge >= 0.3 is 6.09 Å². The normalized spacial score (nSPS) is 11.8. The number of hydrogen-bond acceptors (Lipinski definition) is 4. The van der Waals surface area contributed by atoms with Crippen LogP contribution in [0.25, 0.3) is 0 Å². The number of nitrogens with one attached hydrogen (secondary N) is 2. The van der Waals surface area contributed by atoms with Crippen molar-refractivity contribution in [2.45, 2.75) is 33.2 Å². The third-order valence-corrected chi connectivity index (χ3v) is 2.76. The molecule has 0 bridgehead atoms. The third kappa shape index (κ3) is 6.74. The van der Waals surface area contributed by atoms with Gasteiger partial charge in [0, 0.05) is 18.8 Å². The van der Waals surface area contributed by atoms with E-state index >= 15 is 0 Å². The van der Waals surface area contributed by atoms with Gasteiger partial charge in [0.2, 0.25) is 0 Å². The molecule has 0 saturated carbocycles. The van der Waals surface area contributed by atoms with E-state index in [1.807, 2.05) is 0 Å². The molecule has 1 rings (SSSR count). The van der Waals surface area contributed by atoms with Gasteiger partial charge in [0.05, 0.1) is 6.61 Å². The molecule has 0 aromatic carbocycles. The summed E-state index contributed by atoms with van der Waals surface area (Å²) in [5.74, 6) is 0.138. The Bertz CT molecular complexity index is 449. The van der Waals surface area contributed by atoms with Gasteiger partial charge in [-0.05, 0) is 31.4 Å². The molecular weight excluding hydrogens is 270 g/mol. The molecule has 1 aromatic heterocycles. The molecule has 0 radical (unpaired) electrons. The monoisotopic (exact) mass is 293 g/mol. The van der Waals surface area contributed by atoms with E-state index in [2.05, 4.69) is 29.5 Å². The lowest BCUT2D eigenvalue weighted by Crippen LogP contribution is -2.44. The van der Waals surface area contributed by atoms with E-state index in [1.54, 1.807) is 31.3 Å². The molecule has 1 atom stereocenters. The Balaban J connectivity index is 2.52. The van der Waals surface area contributed by atoms with Crippen LogP contribution in [0.1, 0.15) is 37.7 Å². The second-order valence-electron chi connectivity index (χ2n) is 5.12. The molecule has 21 heavy (non-hydrogen) atoms. The van der Waals surface area contributed by atoms with E-state index < -0.39 is 6.09 Å². The Morgan fingerprint density at radius 3 is 2.67 bits per heavy atom. The van der Waals surface area contributed by atoms with Crippen molar-refractivity contribution in [3.8, 4) is 0 Å². The van der Waals surface area contributed by atoms with E-state index in [0.29, 0.717) is 24.8 Å². The van der Waals surface area contributed by atoms with Gasteiger partial charge in [0.25, 0.3) is 5.91 Å². The van der Waals surface area contributed by atoms with Gasteiger partial charge in [-0.15, -0.1) is 0 Å². The largest absolute Gasteiger partial charge is 0.450 e. The molecule has 0 unspecified atom stereocenters. The average molecular weight is 293 g/mol. The van der Waals surface area contributed by atoms with Crippen molar-refractivity contribution in [3.05, 3.63) is 30.1 Å². The average Bonchev–Trinajstić information content (AvgIpc) is 2.45. The van der Waals surface area contributed by atoms with Gasteiger partial charge in [-0.1, -0.05) is 19.9 Å². The Kier molecular flexibility index (Phi) is 7.21. The van der Waals surface area contributed by atoms with Crippen molar-refractivity contribution in [1.82, 2.24) is 15.6 Å². The minimum absolute atomic E-state index is 0.170. The molecule has 6 heteroatoms. The molecule has 6 nitrogen and oxygen atoms in total. The summed E-state index contributed by atoms with van der Waals surface area (Å²) in [7, 11) is 0. The fraction of sp³-hybridized carbons (Fsp3) is 0.533. The Hall–Kier alpha value is -2.11. The van der Waals surface area contributed by atoms with Crippen LogP contribution < -0.4 is 10.6 Å². The number of carbonyl (C=O) groups is 2. The molecule has 0 saturated heterocycles. The number of nitrogens with zero attached hydrogens (tertiary/aromatic N) is 1. The highest BCUT2D eigenvalue weighted by atomic mass is 16.5. The lowest BCUT2D eigenvalue weighted by Gasteiger charge is -2.20. The van der Waals surface area contributed by atoms with Crippen LogP contribution in [0, 0.1) is 5.92 Å². The van der Waals surface area contributed by atoms with Crippen LogP contribution in [0.2, 0.25) is 0 Å². The smallest absolute Gasteiger partial charge is 0.407 e. The molecule has 116 valence electrons. The summed E-state index contributed by atoms with van der Waals surface area (Å²) in [5.41, 5.74) is 0.358. The molecule has 0 fully saturated rings. The molecule has 2 N–H and O–H groups in total. The van der Waals surface area contributed by atoms with Gasteiger partial charge < -0.3 is 15.4 Å². The van der Waals surface area contributed by atoms with Crippen molar-refractivity contribution in [3.63, 3.8) is 0 Å². The molecule has 2 amide bonds. The van der Waals surface area contributed by atoms with Crippen molar-refractivity contribution in [2.24, 2.45) is 5.92 Å². The van der Waals surface area contributed by atoms with E-state index in [4.69, 9.17) is 4.74 Å². The molecule has 0 aliphatic heterocycles. The highest BCUT2D eigenvalue weighted by Gasteiger charge is 2.16. The molecule has 1 heterocycles. The van der Waals surface area contributed by atoms with Crippen LogP contribution in [0.4, 0.5) is 4.79 Å². The summed E-state index contributed by atoms with van der Waals surface area (Å²) in [6, 6.07) is 4.98. The van der Waals surface area contributed by atoms with Crippen LogP contribution >= 0.6 is 0 Å². The van der Waals surface area contributed by atoms with Crippen LogP contribution in [-0.4, -0.2) is 36.2 Å². The summed E-state index contributed by atoms with van der Waals surface area (Å²) in [5, 5.41) is 5.54. The van der Waals surface area contributed by atoms with Gasteiger partial charge in [-0.3, -0.25) is 9.78 Å². The van der Waals surface area contributed by atoms with E-state index in [1.165, 1.54) is 0 Å². The number of carbonyl (C=O) groups excluding carboxylic acids is 2. The predicted octanol–water partition coefficient (Wildman–Crippen LogP) is 1.97. The molecule has 1 aromatic rings. The lowest BCUT2D eigenvalue weighted by atomic mass is 10.0. The Morgan fingerprint density at radius 1 is 1.33 bits per heavy atom. The zero-order chi connectivity index (χ0) is 15.7. The maximum Gasteiger partial charge on any atom is 0.407 e. The summed E-state index contributed by atoms with van der Waals surface area (Å²) >= 11 is 0. The van der Waals surface area contributed by atoms with Crippen molar-refractivity contribution in [1.29, 1.82) is 0 Å². The first-order valence-corrected chi connectivity index (χ1v) is 7.15. The first-order valence-electron chi connectivity index (χ1n) is 7.15. The fourth-order valence-corrected chi connectivity index (χ4v) is 1.91. The van der Waals surface area contributed by atoms with Crippen LogP contribution in [0.5, 0.6) is 0 Å². The highest BCUT2D eigenvalue weighted by molar-refractivity contribution is 5.92. The van der Waals surface area contributed by atoms with Crippen LogP contribution in [0.15, 0.2) is 24.4 Å². The van der Waals surface area contributed by atoms with E-state index in [0.717, 1.165) is 6.42 Å². The van der Waals surface area contributed by atoms with Crippen LogP contribution in [-0.2, 0) is 4.74 Å². The third-order valence-electron chi connectivity index (χ3n) is 2.76. The first-order chi connectivity index (χ1) is 10.0. The summed E-state index contributed by atoms with van der Waals surface area (Å²) in [6.07, 6.45) is 1.86. The van der Waals surface area contributed by atoms with Gasteiger partial charge in [0.15, 0.2) is 0 Å². The van der Waals surface area contributed by atoms with Crippen molar-refractivity contribution < 1.29 is 14.3 Å². The zero-order valence-corrected chi connectivity index (χ0v) is 12.8.